The molecule has 0 saturated carbocycles. The smallest absolute Gasteiger partial charge is 0.224 e. The first-order valence-electron chi connectivity index (χ1n) is 7.81. The average Bonchev–Trinajstić information content (AvgIpc) is 2.65. The minimum absolute atomic E-state index is 0.0445. The van der Waals surface area contributed by atoms with E-state index in [-0.39, 0.29) is 5.91 Å². The summed E-state index contributed by atoms with van der Waals surface area (Å²) in [6, 6.07) is 14.8. The summed E-state index contributed by atoms with van der Waals surface area (Å²) < 4.78 is 10.9. The molecule has 0 saturated heterocycles. The molecule has 0 unspecified atom stereocenters. The number of amides is 1. The number of nitrogens with zero attached hydrogens (tertiary/aromatic N) is 1. The number of benzene rings is 2. The molecule has 0 aliphatic heterocycles. The summed E-state index contributed by atoms with van der Waals surface area (Å²) in [4.78, 5) is 13.1. The van der Waals surface area contributed by atoms with Gasteiger partial charge in [-0.15, -0.1) is 11.8 Å². The van der Waals surface area contributed by atoms with Gasteiger partial charge >= 0.3 is 0 Å². The van der Waals surface area contributed by atoms with Crippen LogP contribution < -0.4 is 14.8 Å². The first kappa shape index (κ1) is 18.7. The van der Waals surface area contributed by atoms with Crippen LogP contribution in [-0.4, -0.2) is 25.9 Å². The van der Waals surface area contributed by atoms with Gasteiger partial charge in [-0.25, -0.2) is 0 Å². The van der Waals surface area contributed by atoms with Crippen LogP contribution in [0.2, 0.25) is 0 Å². The van der Waals surface area contributed by atoms with Crippen LogP contribution in [0.25, 0.3) is 0 Å². The number of nitriles is 1. The first-order valence-corrected chi connectivity index (χ1v) is 9.04. The molecule has 0 heterocycles. The summed E-state index contributed by atoms with van der Waals surface area (Å²) in [7, 11) is 1.53. The molecule has 25 heavy (non-hydrogen) atoms. The highest BCUT2D eigenvalue weighted by molar-refractivity contribution is 7.98. The number of para-hydroxylation sites is 1. The Bertz CT molecular complexity index is 772. The standard InChI is InChI=1S/C19H20N2O3S/c1-23-17-12-14(13-20)9-10-16(17)24-11-5-8-19(22)21-15-6-3-4-7-18(15)25-2/h3-4,6-7,9-10,12H,5,8,11H2,1-2H3,(H,21,22). The molecule has 5 nitrogen and oxygen atoms in total. The molecule has 2 aromatic carbocycles. The van der Waals surface area contributed by atoms with E-state index in [2.05, 4.69) is 11.4 Å². The van der Waals surface area contributed by atoms with Crippen molar-refractivity contribution in [2.45, 2.75) is 17.7 Å². The lowest BCUT2D eigenvalue weighted by atomic mass is 10.2. The van der Waals surface area contributed by atoms with Gasteiger partial charge in [-0.1, -0.05) is 12.1 Å². The van der Waals surface area contributed by atoms with Crippen molar-refractivity contribution >= 4 is 23.4 Å². The lowest BCUT2D eigenvalue weighted by Gasteiger charge is -2.11. The van der Waals surface area contributed by atoms with E-state index in [4.69, 9.17) is 14.7 Å². The quantitative estimate of drug-likeness (QED) is 0.570. The fourth-order valence-corrected chi connectivity index (χ4v) is 2.79. The molecule has 0 aliphatic carbocycles. The molecule has 1 N–H and O–H groups in total. The number of nitrogens with one attached hydrogen (secondary N) is 1. The van der Waals surface area contributed by atoms with E-state index >= 15 is 0 Å². The number of ether oxygens (including phenoxy) is 2. The monoisotopic (exact) mass is 356 g/mol. The summed E-state index contributed by atoms with van der Waals surface area (Å²) in [5, 5.41) is 11.8. The van der Waals surface area contributed by atoms with E-state index in [1.165, 1.54) is 7.11 Å². The van der Waals surface area contributed by atoms with E-state index in [1.807, 2.05) is 30.5 Å². The molecule has 0 aromatic heterocycles. The second kappa shape index (κ2) is 9.60. The molecule has 0 atom stereocenters. The number of carbonyl (C=O) groups is 1. The molecule has 0 bridgehead atoms. The van der Waals surface area contributed by atoms with Gasteiger partial charge in [0.15, 0.2) is 11.5 Å². The van der Waals surface area contributed by atoms with Gasteiger partial charge in [-0.05, 0) is 36.9 Å². The second-order valence-corrected chi connectivity index (χ2v) is 6.03. The zero-order valence-corrected chi connectivity index (χ0v) is 15.1. The lowest BCUT2D eigenvalue weighted by molar-refractivity contribution is -0.116. The third-order valence-electron chi connectivity index (χ3n) is 3.48. The molecule has 0 spiro atoms. The van der Waals surface area contributed by atoms with Crippen LogP contribution in [0.3, 0.4) is 0 Å². The Balaban J connectivity index is 1.81. The zero-order valence-electron chi connectivity index (χ0n) is 14.2. The predicted octanol–water partition coefficient (Wildman–Crippen LogP) is 4.09. The van der Waals surface area contributed by atoms with E-state index in [0.717, 1.165) is 10.6 Å². The summed E-state index contributed by atoms with van der Waals surface area (Å²) >= 11 is 1.59. The van der Waals surface area contributed by atoms with Crippen molar-refractivity contribution in [1.82, 2.24) is 0 Å². The fraction of sp³-hybridized carbons (Fsp3) is 0.263. The van der Waals surface area contributed by atoms with Gasteiger partial charge in [-0.2, -0.15) is 5.26 Å². The predicted molar refractivity (Wildman–Crippen MR) is 99.3 cm³/mol. The van der Waals surface area contributed by atoms with Crippen LogP contribution in [0.4, 0.5) is 5.69 Å². The highest BCUT2D eigenvalue weighted by Crippen LogP contribution is 2.28. The Morgan fingerprint density at radius 2 is 2.04 bits per heavy atom. The van der Waals surface area contributed by atoms with E-state index in [1.54, 1.807) is 30.0 Å². The normalized spacial score (nSPS) is 9.96. The minimum atomic E-state index is -0.0445. The van der Waals surface area contributed by atoms with Crippen molar-refractivity contribution in [2.75, 3.05) is 25.3 Å². The van der Waals surface area contributed by atoms with E-state index in [9.17, 15) is 4.79 Å². The molecule has 2 aromatic rings. The zero-order chi connectivity index (χ0) is 18.1. The van der Waals surface area contributed by atoms with Crippen molar-refractivity contribution < 1.29 is 14.3 Å². The largest absolute Gasteiger partial charge is 0.493 e. The molecule has 6 heteroatoms. The third kappa shape index (κ3) is 5.44. The summed E-state index contributed by atoms with van der Waals surface area (Å²) in [6.45, 7) is 0.389. The van der Waals surface area contributed by atoms with Gasteiger partial charge in [0, 0.05) is 17.4 Å². The van der Waals surface area contributed by atoms with E-state index < -0.39 is 0 Å². The molecular formula is C19H20N2O3S. The van der Waals surface area contributed by atoms with Gasteiger partial charge < -0.3 is 14.8 Å². The first-order chi connectivity index (χ1) is 12.2. The molecule has 1 amide bonds. The Hall–Kier alpha value is -2.65. The molecule has 0 radical (unpaired) electrons. The summed E-state index contributed by atoms with van der Waals surface area (Å²) in [5.74, 6) is 1.03. The fourth-order valence-electron chi connectivity index (χ4n) is 2.23. The van der Waals surface area contributed by atoms with Crippen molar-refractivity contribution in [1.29, 1.82) is 5.26 Å². The Morgan fingerprint density at radius 3 is 2.76 bits per heavy atom. The summed E-state index contributed by atoms with van der Waals surface area (Å²) in [6.07, 6.45) is 2.92. The molecule has 2 rings (SSSR count). The number of hydrogen-bond acceptors (Lipinski definition) is 5. The second-order valence-electron chi connectivity index (χ2n) is 5.18. The molecule has 0 fully saturated rings. The van der Waals surface area contributed by atoms with Crippen LogP contribution in [0, 0.1) is 11.3 Å². The van der Waals surface area contributed by atoms with E-state index in [0.29, 0.717) is 36.5 Å². The van der Waals surface area contributed by atoms with Crippen LogP contribution in [0.15, 0.2) is 47.4 Å². The average molecular weight is 356 g/mol. The van der Waals surface area contributed by atoms with Crippen LogP contribution in [-0.2, 0) is 4.79 Å². The third-order valence-corrected chi connectivity index (χ3v) is 4.28. The Morgan fingerprint density at radius 1 is 1.24 bits per heavy atom. The number of rotatable bonds is 8. The SMILES string of the molecule is COc1cc(C#N)ccc1OCCCC(=O)Nc1ccccc1SC. The number of hydrogen-bond donors (Lipinski definition) is 1. The number of methoxy groups -OCH3 is 1. The van der Waals surface area contributed by atoms with Crippen LogP contribution in [0.1, 0.15) is 18.4 Å². The number of anilines is 1. The summed E-state index contributed by atoms with van der Waals surface area (Å²) in [5.41, 5.74) is 1.34. The van der Waals surface area contributed by atoms with Crippen molar-refractivity contribution in [3.63, 3.8) is 0 Å². The molecule has 0 aliphatic rings. The number of carbonyl (C=O) groups excluding carboxylic acids is 1. The van der Waals surface area contributed by atoms with Gasteiger partial charge in [0.1, 0.15) is 0 Å². The Labute approximate surface area is 151 Å². The Kier molecular flexibility index (Phi) is 7.17. The van der Waals surface area contributed by atoms with Crippen LogP contribution >= 0.6 is 11.8 Å². The van der Waals surface area contributed by atoms with Crippen molar-refractivity contribution in [3.8, 4) is 17.6 Å². The maximum absolute atomic E-state index is 12.1. The number of thioether (sulfide) groups is 1. The van der Waals surface area contributed by atoms with Crippen LogP contribution in [0.5, 0.6) is 11.5 Å². The van der Waals surface area contributed by atoms with Crippen molar-refractivity contribution in [2.24, 2.45) is 0 Å². The van der Waals surface area contributed by atoms with Gasteiger partial charge in [-0.3, -0.25) is 4.79 Å². The topological polar surface area (TPSA) is 71.3 Å². The maximum Gasteiger partial charge on any atom is 0.224 e. The maximum atomic E-state index is 12.1. The highest BCUT2D eigenvalue weighted by atomic mass is 32.2. The highest BCUT2D eigenvalue weighted by Gasteiger charge is 2.08. The molecular weight excluding hydrogens is 336 g/mol. The van der Waals surface area contributed by atoms with Gasteiger partial charge in [0.05, 0.1) is 31.0 Å². The minimum Gasteiger partial charge on any atom is -0.493 e. The van der Waals surface area contributed by atoms with Gasteiger partial charge in [0.25, 0.3) is 0 Å². The lowest BCUT2D eigenvalue weighted by Crippen LogP contribution is -2.13. The van der Waals surface area contributed by atoms with Gasteiger partial charge in [0.2, 0.25) is 5.91 Å². The van der Waals surface area contributed by atoms with Crippen molar-refractivity contribution in [3.05, 3.63) is 48.0 Å². The molecule has 130 valence electrons.